The van der Waals surface area contributed by atoms with Crippen LogP contribution in [0.2, 0.25) is 0 Å². The van der Waals surface area contributed by atoms with Crippen LogP contribution < -0.4 is 10.6 Å². The normalized spacial score (nSPS) is 34.9. The van der Waals surface area contributed by atoms with E-state index in [0.717, 1.165) is 19.5 Å². The van der Waals surface area contributed by atoms with Crippen molar-refractivity contribution in [2.75, 3.05) is 13.1 Å². The van der Waals surface area contributed by atoms with E-state index >= 15 is 0 Å². The van der Waals surface area contributed by atoms with Gasteiger partial charge in [-0.1, -0.05) is 13.8 Å². The smallest absolute Gasteiger partial charge is 0.237 e. The van der Waals surface area contributed by atoms with Gasteiger partial charge in [0.15, 0.2) is 0 Å². The van der Waals surface area contributed by atoms with Gasteiger partial charge >= 0.3 is 0 Å². The third kappa shape index (κ3) is 1.85. The molecule has 2 fully saturated rings. The first-order valence-electron chi connectivity index (χ1n) is 5.11. The number of hydrogen-bond acceptors (Lipinski definition) is 2. The molecule has 1 aliphatic heterocycles. The summed E-state index contributed by atoms with van der Waals surface area (Å²) in [6, 6.07) is 0.0989. The quantitative estimate of drug-likeness (QED) is 0.667. The zero-order chi connectivity index (χ0) is 9.47. The second-order valence-electron chi connectivity index (χ2n) is 4.93. The molecule has 0 bridgehead atoms. The summed E-state index contributed by atoms with van der Waals surface area (Å²) in [6.45, 7) is 6.37. The maximum atomic E-state index is 11.4. The molecule has 0 spiro atoms. The van der Waals surface area contributed by atoms with Gasteiger partial charge in [-0.3, -0.25) is 4.79 Å². The van der Waals surface area contributed by atoms with Crippen molar-refractivity contribution in [2.24, 2.45) is 11.3 Å². The average molecular weight is 182 g/mol. The van der Waals surface area contributed by atoms with E-state index in [2.05, 4.69) is 24.5 Å². The summed E-state index contributed by atoms with van der Waals surface area (Å²) in [4.78, 5) is 11.4. The number of nitrogens with one attached hydrogen (secondary N) is 2. The molecule has 1 amide bonds. The fourth-order valence-electron chi connectivity index (χ4n) is 1.78. The van der Waals surface area contributed by atoms with Crippen molar-refractivity contribution in [3.05, 3.63) is 0 Å². The van der Waals surface area contributed by atoms with Crippen molar-refractivity contribution in [2.45, 2.75) is 32.7 Å². The Morgan fingerprint density at radius 2 is 2.23 bits per heavy atom. The molecule has 74 valence electrons. The predicted octanol–water partition coefficient (Wildman–Crippen LogP) is 0.511. The Hall–Kier alpha value is -0.570. The lowest BCUT2D eigenvalue weighted by Crippen LogP contribution is -2.53. The highest BCUT2D eigenvalue weighted by Gasteiger charge is 2.45. The fraction of sp³-hybridized carbons (Fsp3) is 0.900. The molecule has 1 aliphatic carbocycles. The van der Waals surface area contributed by atoms with Crippen LogP contribution in [0.5, 0.6) is 0 Å². The summed E-state index contributed by atoms with van der Waals surface area (Å²) in [5.74, 6) is 0.894. The lowest BCUT2D eigenvalue weighted by Gasteiger charge is -2.26. The first kappa shape index (κ1) is 9.00. The molecule has 2 atom stereocenters. The molecule has 1 heterocycles. The van der Waals surface area contributed by atoms with E-state index in [1.54, 1.807) is 0 Å². The number of carbonyl (C=O) groups excluding carboxylic acids is 1. The largest absolute Gasteiger partial charge is 0.354 e. The summed E-state index contributed by atoms with van der Waals surface area (Å²) in [5, 5.41) is 6.10. The highest BCUT2D eigenvalue weighted by Crippen LogP contribution is 2.50. The highest BCUT2D eigenvalue weighted by atomic mass is 16.2. The summed E-state index contributed by atoms with van der Waals surface area (Å²) < 4.78 is 0. The van der Waals surface area contributed by atoms with E-state index in [1.807, 2.05) is 0 Å². The molecule has 0 aromatic rings. The van der Waals surface area contributed by atoms with Crippen LogP contribution in [0.4, 0.5) is 0 Å². The van der Waals surface area contributed by atoms with E-state index in [4.69, 9.17) is 0 Å². The zero-order valence-electron chi connectivity index (χ0n) is 8.39. The van der Waals surface area contributed by atoms with Crippen LogP contribution in [0.25, 0.3) is 0 Å². The minimum Gasteiger partial charge on any atom is -0.354 e. The van der Waals surface area contributed by atoms with Gasteiger partial charge in [-0.05, 0) is 30.7 Å². The maximum Gasteiger partial charge on any atom is 0.237 e. The Balaban J connectivity index is 1.65. The molecule has 3 nitrogen and oxygen atoms in total. The number of carbonyl (C=O) groups is 1. The number of amides is 1. The van der Waals surface area contributed by atoms with Crippen LogP contribution in [0, 0.1) is 11.3 Å². The summed E-state index contributed by atoms with van der Waals surface area (Å²) in [5.41, 5.74) is 0.473. The Labute approximate surface area is 79.3 Å². The monoisotopic (exact) mass is 182 g/mol. The molecule has 2 aliphatic rings. The molecule has 13 heavy (non-hydrogen) atoms. The van der Waals surface area contributed by atoms with Gasteiger partial charge in [0.25, 0.3) is 0 Å². The highest BCUT2D eigenvalue weighted by molar-refractivity contribution is 5.82. The van der Waals surface area contributed by atoms with Crippen LogP contribution in [0.1, 0.15) is 26.7 Å². The Kier molecular flexibility index (Phi) is 2.06. The number of hydrogen-bond donors (Lipinski definition) is 2. The van der Waals surface area contributed by atoms with E-state index in [0.29, 0.717) is 11.3 Å². The van der Waals surface area contributed by atoms with Gasteiger partial charge < -0.3 is 10.6 Å². The van der Waals surface area contributed by atoms with E-state index in [9.17, 15) is 4.79 Å². The number of rotatable bonds is 3. The van der Waals surface area contributed by atoms with Gasteiger partial charge in [-0.25, -0.2) is 0 Å². The molecule has 2 unspecified atom stereocenters. The van der Waals surface area contributed by atoms with Gasteiger partial charge in [-0.15, -0.1) is 0 Å². The SMILES string of the molecule is CC1(C)CC1CNC(=O)C1CCN1. The van der Waals surface area contributed by atoms with E-state index < -0.39 is 0 Å². The van der Waals surface area contributed by atoms with E-state index in [1.165, 1.54) is 6.42 Å². The first-order valence-corrected chi connectivity index (χ1v) is 5.11. The summed E-state index contributed by atoms with van der Waals surface area (Å²) in [6.07, 6.45) is 2.26. The summed E-state index contributed by atoms with van der Waals surface area (Å²) >= 11 is 0. The minimum absolute atomic E-state index is 0.0989. The average Bonchev–Trinajstić information content (AvgIpc) is 2.51. The topological polar surface area (TPSA) is 41.1 Å². The molecule has 0 radical (unpaired) electrons. The van der Waals surface area contributed by atoms with Gasteiger partial charge in [0.1, 0.15) is 0 Å². The van der Waals surface area contributed by atoms with Crippen LogP contribution in [-0.4, -0.2) is 25.0 Å². The minimum atomic E-state index is 0.0989. The van der Waals surface area contributed by atoms with Gasteiger partial charge in [0, 0.05) is 6.54 Å². The van der Waals surface area contributed by atoms with Crippen LogP contribution in [-0.2, 0) is 4.79 Å². The molecule has 2 N–H and O–H groups in total. The van der Waals surface area contributed by atoms with E-state index in [-0.39, 0.29) is 11.9 Å². The molecular formula is C10H18N2O. The molecule has 1 saturated heterocycles. The predicted molar refractivity (Wildman–Crippen MR) is 51.3 cm³/mol. The standard InChI is InChI=1S/C10H18N2O/c1-10(2)5-7(10)6-12-9(13)8-3-4-11-8/h7-8,11H,3-6H2,1-2H3,(H,12,13). The third-order valence-corrected chi connectivity index (χ3v) is 3.38. The van der Waals surface area contributed by atoms with Crippen LogP contribution in [0.3, 0.4) is 0 Å². The molecule has 0 aromatic heterocycles. The lowest BCUT2D eigenvalue weighted by atomic mass is 10.1. The Morgan fingerprint density at radius 3 is 2.62 bits per heavy atom. The van der Waals surface area contributed by atoms with Gasteiger partial charge in [0.2, 0.25) is 5.91 Å². The Morgan fingerprint density at radius 1 is 1.62 bits per heavy atom. The van der Waals surface area contributed by atoms with Crippen LogP contribution in [0.15, 0.2) is 0 Å². The second-order valence-corrected chi connectivity index (χ2v) is 4.93. The zero-order valence-corrected chi connectivity index (χ0v) is 8.39. The Bertz CT molecular complexity index is 221. The third-order valence-electron chi connectivity index (χ3n) is 3.38. The molecule has 0 aromatic carbocycles. The first-order chi connectivity index (χ1) is 6.09. The van der Waals surface area contributed by atoms with Gasteiger partial charge in [-0.2, -0.15) is 0 Å². The second kappa shape index (κ2) is 2.98. The van der Waals surface area contributed by atoms with Gasteiger partial charge in [0.05, 0.1) is 6.04 Å². The molecular weight excluding hydrogens is 164 g/mol. The van der Waals surface area contributed by atoms with Crippen molar-refractivity contribution in [3.8, 4) is 0 Å². The molecule has 1 saturated carbocycles. The van der Waals surface area contributed by atoms with Crippen molar-refractivity contribution >= 4 is 5.91 Å². The van der Waals surface area contributed by atoms with Crippen LogP contribution >= 0.6 is 0 Å². The lowest BCUT2D eigenvalue weighted by molar-refractivity contribution is -0.124. The molecule has 3 heteroatoms. The fourth-order valence-corrected chi connectivity index (χ4v) is 1.78. The van der Waals surface area contributed by atoms with Crippen molar-refractivity contribution < 1.29 is 4.79 Å². The van der Waals surface area contributed by atoms with Crippen molar-refractivity contribution in [1.29, 1.82) is 0 Å². The van der Waals surface area contributed by atoms with Crippen molar-refractivity contribution in [3.63, 3.8) is 0 Å². The maximum absolute atomic E-state index is 11.4. The van der Waals surface area contributed by atoms with Crippen molar-refractivity contribution in [1.82, 2.24) is 10.6 Å². The summed E-state index contributed by atoms with van der Waals surface area (Å²) in [7, 11) is 0. The molecule has 2 rings (SSSR count).